The number of carbonyl (C=O) groups excluding carboxylic acids is 1. The molecule has 0 aliphatic carbocycles. The van der Waals surface area contributed by atoms with E-state index in [4.69, 9.17) is 0 Å². The molecule has 4 nitrogen and oxygen atoms in total. The minimum Gasteiger partial charge on any atom is -0.307 e. The van der Waals surface area contributed by atoms with E-state index in [2.05, 4.69) is 16.8 Å². The number of carbonyl (C=O) groups is 1. The minimum absolute atomic E-state index is 0.193. The summed E-state index contributed by atoms with van der Waals surface area (Å²) < 4.78 is 0. The molecule has 1 aliphatic heterocycles. The van der Waals surface area contributed by atoms with Gasteiger partial charge in [-0.3, -0.25) is 5.43 Å². The van der Waals surface area contributed by atoms with Gasteiger partial charge in [0.15, 0.2) is 0 Å². The number of para-hydroxylation sites is 1. The second-order valence-electron chi connectivity index (χ2n) is 3.64. The number of urea groups is 1. The van der Waals surface area contributed by atoms with Crippen LogP contribution in [0.1, 0.15) is 6.42 Å². The number of amides is 2. The van der Waals surface area contributed by atoms with Crippen LogP contribution in [0.15, 0.2) is 42.5 Å². The van der Waals surface area contributed by atoms with Crippen LogP contribution < -0.4 is 10.7 Å². The average molecular weight is 217 g/mol. The van der Waals surface area contributed by atoms with Gasteiger partial charge in [0.2, 0.25) is 0 Å². The summed E-state index contributed by atoms with van der Waals surface area (Å²) in [6.07, 6.45) is 5.14. The summed E-state index contributed by atoms with van der Waals surface area (Å²) in [4.78, 5) is 11.6. The van der Waals surface area contributed by atoms with Gasteiger partial charge < -0.3 is 5.32 Å². The van der Waals surface area contributed by atoms with Crippen LogP contribution in [0, 0.1) is 0 Å². The first-order valence-electron chi connectivity index (χ1n) is 5.37. The van der Waals surface area contributed by atoms with E-state index in [-0.39, 0.29) is 6.03 Å². The zero-order valence-corrected chi connectivity index (χ0v) is 9.02. The molecule has 0 unspecified atom stereocenters. The van der Waals surface area contributed by atoms with E-state index in [1.54, 1.807) is 0 Å². The molecule has 0 saturated heterocycles. The van der Waals surface area contributed by atoms with E-state index in [0.717, 1.165) is 25.2 Å². The lowest BCUT2D eigenvalue weighted by Gasteiger charge is -2.23. The van der Waals surface area contributed by atoms with Crippen molar-refractivity contribution in [3.05, 3.63) is 42.5 Å². The summed E-state index contributed by atoms with van der Waals surface area (Å²) in [5.74, 6) is 0. The third kappa shape index (κ3) is 3.10. The lowest BCUT2D eigenvalue weighted by Crippen LogP contribution is -2.45. The number of hydrazine groups is 1. The van der Waals surface area contributed by atoms with Gasteiger partial charge in [0.05, 0.1) is 0 Å². The van der Waals surface area contributed by atoms with Gasteiger partial charge in [0, 0.05) is 18.8 Å². The zero-order chi connectivity index (χ0) is 11.2. The largest absolute Gasteiger partial charge is 0.333 e. The number of hydrogen-bond acceptors (Lipinski definition) is 2. The second-order valence-corrected chi connectivity index (χ2v) is 3.64. The molecule has 0 spiro atoms. The lowest BCUT2D eigenvalue weighted by molar-refractivity contribution is 0.196. The maximum Gasteiger partial charge on any atom is 0.333 e. The summed E-state index contributed by atoms with van der Waals surface area (Å²) >= 11 is 0. The van der Waals surface area contributed by atoms with Crippen molar-refractivity contribution in [2.24, 2.45) is 0 Å². The van der Waals surface area contributed by atoms with E-state index in [1.165, 1.54) is 0 Å². The van der Waals surface area contributed by atoms with Crippen molar-refractivity contribution in [1.82, 2.24) is 10.4 Å². The van der Waals surface area contributed by atoms with Gasteiger partial charge in [0.1, 0.15) is 0 Å². The highest BCUT2D eigenvalue weighted by atomic mass is 16.2. The van der Waals surface area contributed by atoms with E-state index in [1.807, 2.05) is 41.4 Å². The van der Waals surface area contributed by atoms with Crippen LogP contribution in [0.4, 0.5) is 10.5 Å². The van der Waals surface area contributed by atoms with E-state index in [0.29, 0.717) is 0 Å². The Morgan fingerprint density at radius 1 is 1.19 bits per heavy atom. The molecule has 1 aliphatic rings. The molecule has 2 amide bonds. The maximum atomic E-state index is 11.6. The molecular weight excluding hydrogens is 202 g/mol. The van der Waals surface area contributed by atoms with E-state index < -0.39 is 0 Å². The summed E-state index contributed by atoms with van der Waals surface area (Å²) in [5.41, 5.74) is 3.60. The number of nitrogens with zero attached hydrogens (tertiary/aromatic N) is 1. The number of rotatable bonds is 2. The monoisotopic (exact) mass is 217 g/mol. The lowest BCUT2D eigenvalue weighted by atomic mass is 10.3. The minimum atomic E-state index is -0.193. The molecule has 4 heteroatoms. The third-order valence-corrected chi connectivity index (χ3v) is 2.35. The van der Waals surface area contributed by atoms with E-state index >= 15 is 0 Å². The fraction of sp³-hybridized carbons (Fsp3) is 0.250. The van der Waals surface area contributed by atoms with Crippen LogP contribution in [-0.2, 0) is 0 Å². The van der Waals surface area contributed by atoms with Crippen molar-refractivity contribution in [2.45, 2.75) is 6.42 Å². The van der Waals surface area contributed by atoms with Crippen molar-refractivity contribution in [3.8, 4) is 0 Å². The molecule has 0 saturated carbocycles. The number of nitrogens with one attached hydrogen (secondary N) is 2. The predicted molar refractivity (Wildman–Crippen MR) is 63.9 cm³/mol. The van der Waals surface area contributed by atoms with Crippen LogP contribution in [-0.4, -0.2) is 24.1 Å². The van der Waals surface area contributed by atoms with Gasteiger partial charge >= 0.3 is 6.03 Å². The Kier molecular flexibility index (Phi) is 3.56. The Morgan fingerprint density at radius 2 is 2.00 bits per heavy atom. The van der Waals surface area contributed by atoms with Crippen molar-refractivity contribution >= 4 is 11.7 Å². The Bertz CT molecular complexity index is 375. The van der Waals surface area contributed by atoms with E-state index in [9.17, 15) is 4.79 Å². The van der Waals surface area contributed by atoms with Crippen molar-refractivity contribution in [2.75, 3.05) is 18.4 Å². The molecule has 16 heavy (non-hydrogen) atoms. The molecule has 1 aromatic carbocycles. The Morgan fingerprint density at radius 3 is 2.69 bits per heavy atom. The summed E-state index contributed by atoms with van der Waals surface area (Å²) in [7, 11) is 0. The fourth-order valence-corrected chi connectivity index (χ4v) is 1.57. The van der Waals surface area contributed by atoms with Gasteiger partial charge in [-0.05, 0) is 18.6 Å². The number of anilines is 1. The topological polar surface area (TPSA) is 44.4 Å². The summed E-state index contributed by atoms with van der Waals surface area (Å²) in [6.45, 7) is 1.63. The molecule has 84 valence electrons. The van der Waals surface area contributed by atoms with Crippen molar-refractivity contribution in [3.63, 3.8) is 0 Å². The molecule has 0 radical (unpaired) electrons. The van der Waals surface area contributed by atoms with Crippen molar-refractivity contribution < 1.29 is 4.79 Å². The van der Waals surface area contributed by atoms with Crippen LogP contribution >= 0.6 is 0 Å². The first-order chi connectivity index (χ1) is 7.84. The van der Waals surface area contributed by atoms with Gasteiger partial charge in [-0.2, -0.15) is 0 Å². The van der Waals surface area contributed by atoms with Gasteiger partial charge in [-0.1, -0.05) is 30.4 Å². The fourth-order valence-electron chi connectivity index (χ4n) is 1.57. The summed E-state index contributed by atoms with van der Waals surface area (Å²) in [5, 5.41) is 4.66. The molecule has 0 fully saturated rings. The average Bonchev–Trinajstić information content (AvgIpc) is 2.31. The molecular formula is C12H15N3O. The molecule has 1 heterocycles. The second kappa shape index (κ2) is 5.32. The van der Waals surface area contributed by atoms with Gasteiger partial charge in [0.25, 0.3) is 0 Å². The molecule has 0 aromatic heterocycles. The highest BCUT2D eigenvalue weighted by Crippen LogP contribution is 2.04. The normalized spacial score (nSPS) is 15.8. The van der Waals surface area contributed by atoms with Crippen LogP contribution in [0.2, 0.25) is 0 Å². The van der Waals surface area contributed by atoms with Crippen LogP contribution in [0.3, 0.4) is 0 Å². The summed E-state index contributed by atoms with van der Waals surface area (Å²) in [6, 6.07) is 9.21. The maximum absolute atomic E-state index is 11.6. The number of benzene rings is 1. The van der Waals surface area contributed by atoms with Crippen LogP contribution in [0.5, 0.6) is 0 Å². The molecule has 1 aromatic rings. The first-order valence-corrected chi connectivity index (χ1v) is 5.37. The Balaban J connectivity index is 1.82. The van der Waals surface area contributed by atoms with Crippen LogP contribution in [0.25, 0.3) is 0 Å². The molecule has 0 bridgehead atoms. The van der Waals surface area contributed by atoms with Gasteiger partial charge in [-0.25, -0.2) is 9.80 Å². The predicted octanol–water partition coefficient (Wildman–Crippen LogP) is 1.98. The standard InChI is InChI=1S/C12H15N3O/c16-12(13-11-7-3-1-4-8-11)14-15-9-5-2-6-10-15/h1-5,7-8H,6,9-10H2,(H2,13,14,16). The third-order valence-electron chi connectivity index (χ3n) is 2.35. The zero-order valence-electron chi connectivity index (χ0n) is 9.02. The number of hydrogen-bond donors (Lipinski definition) is 2. The first kappa shape index (κ1) is 10.7. The highest BCUT2D eigenvalue weighted by Gasteiger charge is 2.09. The highest BCUT2D eigenvalue weighted by molar-refractivity contribution is 5.88. The Labute approximate surface area is 94.9 Å². The quantitative estimate of drug-likeness (QED) is 0.744. The molecule has 2 N–H and O–H groups in total. The van der Waals surface area contributed by atoms with Gasteiger partial charge in [-0.15, -0.1) is 0 Å². The SMILES string of the molecule is O=C(Nc1ccccc1)NN1CC=CCC1. The smallest absolute Gasteiger partial charge is 0.307 e. The van der Waals surface area contributed by atoms with Crippen molar-refractivity contribution in [1.29, 1.82) is 0 Å². The molecule has 0 atom stereocenters. The molecule has 2 rings (SSSR count). The Hall–Kier alpha value is -1.81.